The summed E-state index contributed by atoms with van der Waals surface area (Å²) in [6.07, 6.45) is 3.22. The van der Waals surface area contributed by atoms with Crippen LogP contribution in [0.3, 0.4) is 0 Å². The molecule has 0 spiro atoms. The largest absolute Gasteiger partial charge is 0.494 e. The van der Waals surface area contributed by atoms with Gasteiger partial charge in [0.15, 0.2) is 5.82 Å². The fraction of sp³-hybridized carbons (Fsp3) is 0.280. The molecule has 5 rings (SSSR count). The predicted molar refractivity (Wildman–Crippen MR) is 130 cm³/mol. The van der Waals surface area contributed by atoms with Gasteiger partial charge in [0.25, 0.3) is 17.6 Å². The van der Waals surface area contributed by atoms with Gasteiger partial charge in [0.05, 0.1) is 39.3 Å². The fourth-order valence-electron chi connectivity index (χ4n) is 3.91. The van der Waals surface area contributed by atoms with Crippen LogP contribution < -0.4 is 4.74 Å². The summed E-state index contributed by atoms with van der Waals surface area (Å²) in [6.45, 7) is -1.55. The van der Waals surface area contributed by atoms with Crippen LogP contribution in [0, 0.1) is 13.8 Å². The van der Waals surface area contributed by atoms with Crippen molar-refractivity contribution in [3.63, 3.8) is 0 Å². The van der Waals surface area contributed by atoms with E-state index in [9.17, 15) is 14.4 Å². The standard InChI is InChI=1S/C25H25N7O4/c1-15-4-6-17(7-5-15)24(34)30-8-10-31(11-9-30)25(35)22(33)18-12-26-21-20(18)19(36-3)13-27-23(21)32-14-28-16(2)29-32/h4-7,12-14,26H,8-11H2,1-3H3/i2D3,3D3,4D,5D,6D,7D. The van der Waals surface area contributed by atoms with Gasteiger partial charge in [0, 0.05) is 42.1 Å². The monoisotopic (exact) mass is 497 g/mol. The van der Waals surface area contributed by atoms with E-state index in [0.717, 1.165) is 23.4 Å². The molecule has 11 nitrogen and oxygen atoms in total. The first-order chi connectivity index (χ1) is 21.4. The molecule has 4 heterocycles. The molecule has 1 fully saturated rings. The SMILES string of the molecule is [2H]c1c([2H])c(C(=O)N2CCN(C(=O)C(=O)c3c[nH]c4c(-n5cnc(C([2H])([2H])[2H])n5)ncc(OC([2H])([2H])[2H])c34)CC2)c([2H])c([2H])c1C. The number of aryl methyl sites for hydroxylation is 1. The van der Waals surface area contributed by atoms with Gasteiger partial charge in [-0.2, -0.15) is 5.10 Å². The van der Waals surface area contributed by atoms with E-state index in [1.165, 1.54) is 16.7 Å². The number of aromatic nitrogens is 5. The molecule has 3 aromatic heterocycles. The number of piperazine rings is 1. The fourth-order valence-corrected chi connectivity index (χ4v) is 3.91. The smallest absolute Gasteiger partial charge is 0.295 e. The molecule has 184 valence electrons. The van der Waals surface area contributed by atoms with E-state index >= 15 is 0 Å². The Morgan fingerprint density at radius 1 is 1.08 bits per heavy atom. The normalized spacial score (nSPS) is 18.5. The number of nitrogens with one attached hydrogen (secondary N) is 1. The van der Waals surface area contributed by atoms with Gasteiger partial charge in [-0.3, -0.25) is 14.4 Å². The van der Waals surface area contributed by atoms with E-state index in [1.807, 2.05) is 0 Å². The van der Waals surface area contributed by atoms with Gasteiger partial charge in [-0.15, -0.1) is 0 Å². The summed E-state index contributed by atoms with van der Waals surface area (Å²) in [5.41, 5.74) is -0.538. The zero-order valence-corrected chi connectivity index (χ0v) is 18.9. The highest BCUT2D eigenvalue weighted by molar-refractivity contribution is 6.45. The number of methoxy groups -OCH3 is 1. The van der Waals surface area contributed by atoms with E-state index in [1.54, 1.807) is 0 Å². The highest BCUT2D eigenvalue weighted by atomic mass is 16.5. The number of hydrogen-bond acceptors (Lipinski definition) is 7. The number of rotatable bonds is 5. The van der Waals surface area contributed by atoms with Gasteiger partial charge in [-0.25, -0.2) is 14.6 Å². The molecule has 1 saturated heterocycles. The molecule has 4 aromatic rings. The van der Waals surface area contributed by atoms with Crippen LogP contribution in [0.2, 0.25) is 0 Å². The Morgan fingerprint density at radius 2 is 1.83 bits per heavy atom. The minimum Gasteiger partial charge on any atom is -0.494 e. The highest BCUT2D eigenvalue weighted by Gasteiger charge is 2.31. The molecular formula is C25H25N7O4. The third-order valence-electron chi connectivity index (χ3n) is 5.73. The van der Waals surface area contributed by atoms with E-state index in [2.05, 4.69) is 20.1 Å². The Bertz CT molecular complexity index is 1860. The Labute approximate surface area is 220 Å². The van der Waals surface area contributed by atoms with Crippen molar-refractivity contribution >= 4 is 28.5 Å². The minimum atomic E-state index is -2.96. The number of hydrogen-bond donors (Lipinski definition) is 1. The predicted octanol–water partition coefficient (Wildman–Crippen LogP) is 1.94. The lowest BCUT2D eigenvalue weighted by molar-refractivity contribution is -0.127. The number of ketones is 1. The second-order valence-electron chi connectivity index (χ2n) is 7.93. The van der Waals surface area contributed by atoms with Crippen LogP contribution in [0.15, 0.2) is 42.9 Å². The molecule has 0 aliphatic carbocycles. The third kappa shape index (κ3) is 4.08. The number of Topliss-reactive ketones (excluding diaryl/α,β-unsaturated/α-hetero) is 1. The van der Waals surface area contributed by atoms with Crippen molar-refractivity contribution in [1.82, 2.24) is 34.5 Å². The summed E-state index contributed by atoms with van der Waals surface area (Å²) >= 11 is 0. The lowest BCUT2D eigenvalue weighted by Gasteiger charge is -2.34. The maximum absolute atomic E-state index is 13.5. The number of pyridine rings is 1. The Kier molecular flexibility index (Phi) is 3.63. The third-order valence-corrected chi connectivity index (χ3v) is 5.73. The maximum atomic E-state index is 13.5. The number of benzene rings is 1. The van der Waals surface area contributed by atoms with E-state index in [-0.39, 0.29) is 77.4 Å². The molecule has 36 heavy (non-hydrogen) atoms. The Hall–Kier alpha value is -4.54. The van der Waals surface area contributed by atoms with Gasteiger partial charge in [0.2, 0.25) is 0 Å². The number of H-pyrrole nitrogens is 1. The van der Waals surface area contributed by atoms with E-state index in [0.29, 0.717) is 0 Å². The molecule has 0 atom stereocenters. The van der Waals surface area contributed by atoms with E-state index in [4.69, 9.17) is 18.4 Å². The maximum Gasteiger partial charge on any atom is 0.295 e. The lowest BCUT2D eigenvalue weighted by atomic mass is 10.1. The average Bonchev–Trinajstić information content (AvgIpc) is 3.67. The number of carbonyl (C=O) groups excluding carboxylic acids is 3. The quantitative estimate of drug-likeness (QED) is 0.330. The summed E-state index contributed by atoms with van der Waals surface area (Å²) in [5, 5.41) is 3.79. The Morgan fingerprint density at radius 3 is 2.53 bits per heavy atom. The van der Waals surface area contributed by atoms with Crippen LogP contribution in [-0.4, -0.2) is 85.3 Å². The summed E-state index contributed by atoms with van der Waals surface area (Å²) in [4.78, 5) is 53.2. The number of carbonyl (C=O) groups is 3. The zero-order chi connectivity index (χ0) is 33.9. The van der Waals surface area contributed by atoms with Crippen LogP contribution in [-0.2, 0) is 4.79 Å². The molecule has 1 aromatic carbocycles. The first kappa shape index (κ1) is 14.1. The zero-order valence-electron chi connectivity index (χ0n) is 28.9. The molecule has 1 aliphatic rings. The molecule has 0 unspecified atom stereocenters. The van der Waals surface area contributed by atoms with Crippen LogP contribution in [0.1, 0.15) is 45.8 Å². The van der Waals surface area contributed by atoms with Crippen LogP contribution >= 0.6 is 0 Å². The summed E-state index contributed by atoms with van der Waals surface area (Å²) in [5.74, 6) is -3.66. The van der Waals surface area contributed by atoms with Crippen molar-refractivity contribution in [3.8, 4) is 11.6 Å². The molecule has 0 saturated carbocycles. The van der Waals surface area contributed by atoms with Crippen molar-refractivity contribution in [2.45, 2.75) is 13.8 Å². The second-order valence-corrected chi connectivity index (χ2v) is 7.93. The first-order valence-corrected chi connectivity index (χ1v) is 10.7. The van der Waals surface area contributed by atoms with Crippen molar-refractivity contribution in [2.75, 3.05) is 33.2 Å². The van der Waals surface area contributed by atoms with Gasteiger partial charge in [-0.1, -0.05) is 17.6 Å². The lowest BCUT2D eigenvalue weighted by Crippen LogP contribution is -2.52. The van der Waals surface area contributed by atoms with Crippen molar-refractivity contribution in [2.24, 2.45) is 0 Å². The minimum absolute atomic E-state index is 0.00771. The number of nitrogens with zero attached hydrogens (tertiary/aromatic N) is 6. The molecule has 11 heteroatoms. The van der Waals surface area contributed by atoms with Crippen molar-refractivity contribution in [3.05, 3.63) is 65.4 Å². The molecule has 1 aliphatic heterocycles. The average molecular weight is 498 g/mol. The Balaban J connectivity index is 1.42. The summed E-state index contributed by atoms with van der Waals surface area (Å²) < 4.78 is 83.6. The summed E-state index contributed by atoms with van der Waals surface area (Å²) in [6, 6.07) is -1.60. The van der Waals surface area contributed by atoms with Crippen LogP contribution in [0.5, 0.6) is 5.75 Å². The highest BCUT2D eigenvalue weighted by Crippen LogP contribution is 2.31. The number of amides is 2. The molecule has 1 N–H and O–H groups in total. The first-order valence-electron chi connectivity index (χ1n) is 15.7. The summed E-state index contributed by atoms with van der Waals surface area (Å²) in [7, 11) is -2.96. The topological polar surface area (TPSA) is 126 Å². The molecule has 2 amide bonds. The van der Waals surface area contributed by atoms with Crippen molar-refractivity contribution in [1.29, 1.82) is 0 Å². The van der Waals surface area contributed by atoms with Crippen molar-refractivity contribution < 1.29 is 32.8 Å². The van der Waals surface area contributed by atoms with E-state index < -0.39 is 49.4 Å². The molecular weight excluding hydrogens is 462 g/mol. The number of ether oxygens (including phenoxy) is 1. The van der Waals surface area contributed by atoms with Gasteiger partial charge in [0.1, 0.15) is 17.9 Å². The number of aromatic amines is 1. The van der Waals surface area contributed by atoms with Gasteiger partial charge < -0.3 is 19.5 Å². The molecule has 0 bridgehead atoms. The van der Waals surface area contributed by atoms with Gasteiger partial charge in [-0.05, 0) is 25.9 Å². The number of fused-ring (bicyclic) bond motifs is 1. The molecule has 0 radical (unpaired) electrons. The second kappa shape index (κ2) is 9.25. The van der Waals surface area contributed by atoms with Crippen LogP contribution in [0.25, 0.3) is 16.7 Å². The van der Waals surface area contributed by atoms with Crippen LogP contribution in [0.4, 0.5) is 0 Å². The van der Waals surface area contributed by atoms with Gasteiger partial charge >= 0.3 is 0 Å².